The smallest absolute Gasteiger partial charge is 0.231 e. The largest absolute Gasteiger partial charge is 0.496 e. The molecule has 6 heteroatoms. The fourth-order valence-corrected chi connectivity index (χ4v) is 3.80. The summed E-state index contributed by atoms with van der Waals surface area (Å²) in [5.74, 6) is 1.65. The van der Waals surface area contributed by atoms with Crippen molar-refractivity contribution in [3.05, 3.63) is 89.5 Å². The molecular weight excluding hydrogens is 430 g/mol. The molecule has 174 valence electrons. The highest BCUT2D eigenvalue weighted by molar-refractivity contribution is 5.97. The summed E-state index contributed by atoms with van der Waals surface area (Å²) in [6.45, 7) is 2.83. The molecule has 1 amide bonds. The number of methoxy groups -OCH3 is 1. The van der Waals surface area contributed by atoms with Crippen LogP contribution in [0.4, 0.5) is 5.69 Å². The number of carbonyl (C=O) groups is 2. The molecule has 34 heavy (non-hydrogen) atoms. The first-order chi connectivity index (χ1) is 16.5. The Morgan fingerprint density at radius 2 is 1.74 bits per heavy atom. The van der Waals surface area contributed by atoms with E-state index in [1.807, 2.05) is 60.7 Å². The molecule has 0 bridgehead atoms. The third kappa shape index (κ3) is 5.46. The highest BCUT2D eigenvalue weighted by atomic mass is 16.6. The number of fused-ring (bicyclic) bond motifs is 1. The fraction of sp³-hybridized carbons (Fsp3) is 0.214. The Balaban J connectivity index is 1.63. The van der Waals surface area contributed by atoms with Gasteiger partial charge < -0.3 is 19.1 Å². The number of ether oxygens (including phenoxy) is 3. The van der Waals surface area contributed by atoms with E-state index < -0.39 is 0 Å². The molecule has 0 saturated carbocycles. The molecule has 1 aliphatic heterocycles. The van der Waals surface area contributed by atoms with Gasteiger partial charge in [-0.15, -0.1) is 0 Å². The summed E-state index contributed by atoms with van der Waals surface area (Å²) in [5, 5.41) is 0. The van der Waals surface area contributed by atoms with Crippen LogP contribution >= 0.6 is 0 Å². The van der Waals surface area contributed by atoms with E-state index in [2.05, 4.69) is 0 Å². The van der Waals surface area contributed by atoms with Crippen molar-refractivity contribution in [3.63, 3.8) is 0 Å². The Morgan fingerprint density at radius 1 is 0.971 bits per heavy atom. The second-order valence-corrected chi connectivity index (χ2v) is 7.90. The Morgan fingerprint density at radius 3 is 2.47 bits per heavy atom. The Bertz CT molecular complexity index is 1200. The molecule has 0 saturated heterocycles. The van der Waals surface area contributed by atoms with Crippen LogP contribution < -0.4 is 19.1 Å². The zero-order valence-corrected chi connectivity index (χ0v) is 19.3. The van der Waals surface area contributed by atoms with Crippen molar-refractivity contribution < 1.29 is 23.8 Å². The molecule has 0 fully saturated rings. The van der Waals surface area contributed by atoms with E-state index in [0.29, 0.717) is 53.8 Å². The van der Waals surface area contributed by atoms with E-state index in [0.717, 1.165) is 5.56 Å². The monoisotopic (exact) mass is 457 g/mol. The number of rotatable bonds is 8. The van der Waals surface area contributed by atoms with Crippen LogP contribution in [0, 0.1) is 0 Å². The lowest BCUT2D eigenvalue weighted by Gasteiger charge is -2.25. The van der Waals surface area contributed by atoms with Crippen LogP contribution in [0.3, 0.4) is 0 Å². The quantitative estimate of drug-likeness (QED) is 0.448. The predicted octanol–water partition coefficient (Wildman–Crippen LogP) is 4.96. The summed E-state index contributed by atoms with van der Waals surface area (Å²) < 4.78 is 16.8. The summed E-state index contributed by atoms with van der Waals surface area (Å²) in [4.78, 5) is 27.1. The van der Waals surface area contributed by atoms with Gasteiger partial charge in [0.1, 0.15) is 19.0 Å². The van der Waals surface area contributed by atoms with Gasteiger partial charge in [0.2, 0.25) is 5.91 Å². The van der Waals surface area contributed by atoms with Gasteiger partial charge in [-0.25, -0.2) is 0 Å². The first kappa shape index (κ1) is 23.1. The third-order valence-corrected chi connectivity index (χ3v) is 5.56. The average Bonchev–Trinajstić information content (AvgIpc) is 2.86. The number of nitrogens with zero attached hydrogens (tertiary/aromatic N) is 1. The van der Waals surface area contributed by atoms with Crippen LogP contribution in [-0.2, 0) is 11.2 Å². The number of carbonyl (C=O) groups excluding carboxylic acids is 2. The van der Waals surface area contributed by atoms with Gasteiger partial charge in [-0.05, 0) is 42.8 Å². The molecular formula is C28H27NO5. The Kier molecular flexibility index (Phi) is 7.28. The third-order valence-electron chi connectivity index (χ3n) is 5.56. The minimum absolute atomic E-state index is 0.0640. The van der Waals surface area contributed by atoms with Crippen LogP contribution in [0.2, 0.25) is 0 Å². The lowest BCUT2D eigenvalue weighted by molar-refractivity contribution is -0.117. The number of benzene rings is 3. The van der Waals surface area contributed by atoms with Crippen molar-refractivity contribution >= 4 is 23.5 Å². The van der Waals surface area contributed by atoms with E-state index >= 15 is 0 Å². The van der Waals surface area contributed by atoms with E-state index in [1.165, 1.54) is 6.92 Å². The molecule has 1 heterocycles. The van der Waals surface area contributed by atoms with Gasteiger partial charge in [-0.1, -0.05) is 42.5 Å². The van der Waals surface area contributed by atoms with E-state index in [9.17, 15) is 9.59 Å². The maximum atomic E-state index is 13.6. The van der Waals surface area contributed by atoms with Crippen LogP contribution in [-0.4, -0.2) is 38.6 Å². The van der Waals surface area contributed by atoms with Crippen molar-refractivity contribution in [2.75, 3.05) is 31.8 Å². The number of Topliss-reactive ketones (excluding diaryl/α,β-unsaturated/α-hetero) is 1. The minimum Gasteiger partial charge on any atom is -0.496 e. The van der Waals surface area contributed by atoms with Gasteiger partial charge in [-0.3, -0.25) is 9.59 Å². The summed E-state index contributed by atoms with van der Waals surface area (Å²) in [5.41, 5.74) is 2.95. The first-order valence-corrected chi connectivity index (χ1v) is 11.1. The zero-order chi connectivity index (χ0) is 23.9. The highest BCUT2D eigenvalue weighted by Gasteiger charge is 2.21. The average molecular weight is 458 g/mol. The molecule has 3 aromatic rings. The fourth-order valence-electron chi connectivity index (χ4n) is 3.80. The molecule has 0 unspecified atom stereocenters. The number of ketones is 1. The summed E-state index contributed by atoms with van der Waals surface area (Å²) in [6.07, 6.45) is 4.01. The van der Waals surface area contributed by atoms with Crippen LogP contribution in [0.15, 0.2) is 72.8 Å². The SMILES string of the molecule is COc1ccc(C(C)=O)cc1CC(=O)N(CC=Cc1ccccc1)c1ccc2c(c1)OCCO2. The second kappa shape index (κ2) is 10.7. The summed E-state index contributed by atoms with van der Waals surface area (Å²) in [6, 6.07) is 20.6. The van der Waals surface area contributed by atoms with Gasteiger partial charge in [0, 0.05) is 29.4 Å². The predicted molar refractivity (Wildman–Crippen MR) is 132 cm³/mol. The van der Waals surface area contributed by atoms with Gasteiger partial charge >= 0.3 is 0 Å². The first-order valence-electron chi connectivity index (χ1n) is 11.1. The van der Waals surface area contributed by atoms with Gasteiger partial charge in [-0.2, -0.15) is 0 Å². The molecule has 0 aliphatic carbocycles. The summed E-state index contributed by atoms with van der Waals surface area (Å²) >= 11 is 0. The van der Waals surface area contributed by atoms with Crippen molar-refractivity contribution in [2.45, 2.75) is 13.3 Å². The van der Waals surface area contributed by atoms with Crippen molar-refractivity contribution in [2.24, 2.45) is 0 Å². The maximum Gasteiger partial charge on any atom is 0.231 e. The highest BCUT2D eigenvalue weighted by Crippen LogP contribution is 2.34. The van der Waals surface area contributed by atoms with Gasteiger partial charge in [0.25, 0.3) is 0 Å². The van der Waals surface area contributed by atoms with Crippen molar-refractivity contribution in [1.29, 1.82) is 0 Å². The zero-order valence-electron chi connectivity index (χ0n) is 19.3. The topological polar surface area (TPSA) is 65.1 Å². The molecule has 0 spiro atoms. The van der Waals surface area contributed by atoms with Crippen molar-refractivity contribution in [3.8, 4) is 17.2 Å². The minimum atomic E-state index is -0.131. The molecule has 0 radical (unpaired) electrons. The number of hydrogen-bond donors (Lipinski definition) is 0. The van der Waals surface area contributed by atoms with Gasteiger partial charge in [0.05, 0.1) is 13.5 Å². The lowest BCUT2D eigenvalue weighted by Crippen LogP contribution is -2.32. The Hall–Kier alpha value is -4.06. The maximum absolute atomic E-state index is 13.6. The van der Waals surface area contributed by atoms with E-state index in [1.54, 1.807) is 30.2 Å². The molecule has 6 nitrogen and oxygen atoms in total. The van der Waals surface area contributed by atoms with Crippen LogP contribution in [0.1, 0.15) is 28.4 Å². The van der Waals surface area contributed by atoms with Crippen LogP contribution in [0.25, 0.3) is 6.08 Å². The number of amides is 1. The number of anilines is 1. The summed E-state index contributed by atoms with van der Waals surface area (Å²) in [7, 11) is 1.55. The molecule has 1 aliphatic rings. The van der Waals surface area contributed by atoms with E-state index in [4.69, 9.17) is 14.2 Å². The molecule has 3 aromatic carbocycles. The standard InChI is InChI=1S/C28H27NO5/c1-20(30)22-10-12-25(32-2)23(17-22)18-28(31)29(14-6-9-21-7-4-3-5-8-21)24-11-13-26-27(19-24)34-16-15-33-26/h3-13,17,19H,14-16,18H2,1-2H3. The number of hydrogen-bond acceptors (Lipinski definition) is 5. The van der Waals surface area contributed by atoms with Crippen LogP contribution in [0.5, 0.6) is 17.2 Å². The molecule has 0 aromatic heterocycles. The molecule has 0 N–H and O–H groups in total. The normalized spacial score (nSPS) is 12.4. The molecule has 4 rings (SSSR count). The van der Waals surface area contributed by atoms with Gasteiger partial charge in [0.15, 0.2) is 17.3 Å². The Labute approximate surface area is 199 Å². The second-order valence-electron chi connectivity index (χ2n) is 7.90. The molecule has 0 atom stereocenters. The van der Waals surface area contributed by atoms with E-state index in [-0.39, 0.29) is 18.1 Å². The lowest BCUT2D eigenvalue weighted by atomic mass is 10.0. The van der Waals surface area contributed by atoms with Crippen molar-refractivity contribution in [1.82, 2.24) is 0 Å².